The number of ketones is 1. The average molecular weight is 495 g/mol. The van der Waals surface area contributed by atoms with Crippen LogP contribution in [0.2, 0.25) is 0 Å². The van der Waals surface area contributed by atoms with Crippen LogP contribution in [0, 0.1) is 5.82 Å². The van der Waals surface area contributed by atoms with E-state index < -0.39 is 23.6 Å². The predicted molar refractivity (Wildman–Crippen MR) is 132 cm³/mol. The van der Waals surface area contributed by atoms with E-state index in [1.54, 1.807) is 25.1 Å². The largest absolute Gasteiger partial charge is 0.465 e. The first-order chi connectivity index (χ1) is 16.9. The standard InChI is InChI=1S/C27H27FN2O4S/c1-14-21(25(32)30-26-23(27(33)34-2)16-9-4-6-13-20(16)35-26)22(15-8-3-5-10-17(15)28)24-18(29-14)11-7-12-19(24)31/h3,5,8,10,22,29H,4,6-7,9,11-13H2,1-2H3,(H,30,32). The van der Waals surface area contributed by atoms with Crippen LogP contribution in [0.1, 0.15) is 71.3 Å². The van der Waals surface area contributed by atoms with E-state index in [0.717, 1.165) is 41.8 Å². The number of hydrogen-bond acceptors (Lipinski definition) is 6. The van der Waals surface area contributed by atoms with Crippen molar-refractivity contribution in [1.29, 1.82) is 0 Å². The second kappa shape index (κ2) is 9.41. The van der Waals surface area contributed by atoms with Crippen LogP contribution in [0.4, 0.5) is 9.39 Å². The molecule has 0 bridgehead atoms. The first-order valence-electron chi connectivity index (χ1n) is 11.9. The molecule has 0 radical (unpaired) electrons. The molecule has 1 aromatic heterocycles. The number of rotatable bonds is 4. The first-order valence-corrected chi connectivity index (χ1v) is 12.7. The molecule has 1 atom stereocenters. The van der Waals surface area contributed by atoms with Gasteiger partial charge in [0.05, 0.1) is 12.7 Å². The Bertz CT molecular complexity index is 1310. The monoisotopic (exact) mass is 494 g/mol. The zero-order chi connectivity index (χ0) is 24.7. The number of methoxy groups -OCH3 is 1. The highest BCUT2D eigenvalue weighted by molar-refractivity contribution is 7.17. The number of hydrogen-bond donors (Lipinski definition) is 2. The third-order valence-corrected chi connectivity index (χ3v) is 8.23. The SMILES string of the molecule is COC(=O)c1c(NC(=O)C2=C(C)NC3=C(C(=O)CCC3)C2c2ccccc2F)sc2c1CCCC2. The molecule has 35 heavy (non-hydrogen) atoms. The van der Waals surface area contributed by atoms with Gasteiger partial charge < -0.3 is 15.4 Å². The van der Waals surface area contributed by atoms with E-state index in [9.17, 15) is 14.4 Å². The van der Waals surface area contributed by atoms with Gasteiger partial charge in [-0.25, -0.2) is 9.18 Å². The minimum atomic E-state index is -0.823. The van der Waals surface area contributed by atoms with Gasteiger partial charge >= 0.3 is 5.97 Å². The molecule has 3 aliphatic rings. The van der Waals surface area contributed by atoms with E-state index in [0.29, 0.717) is 46.7 Å². The van der Waals surface area contributed by atoms with Crippen LogP contribution in [0.5, 0.6) is 0 Å². The van der Waals surface area contributed by atoms with Crippen molar-refractivity contribution < 1.29 is 23.5 Å². The normalized spacial score (nSPS) is 19.6. The summed E-state index contributed by atoms with van der Waals surface area (Å²) in [4.78, 5) is 40.6. The van der Waals surface area contributed by atoms with Gasteiger partial charge in [0, 0.05) is 45.3 Å². The maximum atomic E-state index is 15.1. The lowest BCUT2D eigenvalue weighted by Gasteiger charge is -2.34. The van der Waals surface area contributed by atoms with Gasteiger partial charge in [-0.1, -0.05) is 18.2 Å². The van der Waals surface area contributed by atoms with Crippen LogP contribution in [0.3, 0.4) is 0 Å². The minimum absolute atomic E-state index is 0.0772. The van der Waals surface area contributed by atoms with E-state index in [4.69, 9.17) is 4.74 Å². The number of thiophene rings is 1. The number of esters is 1. The Kier molecular flexibility index (Phi) is 6.32. The Morgan fingerprint density at radius 3 is 2.66 bits per heavy atom. The molecule has 1 unspecified atom stereocenters. The summed E-state index contributed by atoms with van der Waals surface area (Å²) in [6.07, 6.45) is 5.37. The first kappa shape index (κ1) is 23.5. The maximum Gasteiger partial charge on any atom is 0.341 e. The van der Waals surface area contributed by atoms with Crippen molar-refractivity contribution in [1.82, 2.24) is 5.32 Å². The molecule has 1 amide bonds. The number of allylic oxidation sites excluding steroid dienone is 3. The quantitative estimate of drug-likeness (QED) is 0.574. The molecule has 182 valence electrons. The number of dihydropyridines is 1. The number of carbonyl (C=O) groups excluding carboxylic acids is 3. The highest BCUT2D eigenvalue weighted by Gasteiger charge is 2.40. The summed E-state index contributed by atoms with van der Waals surface area (Å²) < 4.78 is 20.1. The lowest BCUT2D eigenvalue weighted by molar-refractivity contribution is -0.116. The molecule has 0 saturated carbocycles. The molecular weight excluding hydrogens is 467 g/mol. The molecule has 2 aromatic rings. The number of aryl methyl sites for hydroxylation is 1. The van der Waals surface area contributed by atoms with Crippen molar-refractivity contribution in [2.75, 3.05) is 12.4 Å². The van der Waals surface area contributed by atoms with Crippen LogP contribution in [-0.4, -0.2) is 24.8 Å². The number of ether oxygens (including phenoxy) is 1. The summed E-state index contributed by atoms with van der Waals surface area (Å²) in [5.41, 5.74) is 3.70. The average Bonchev–Trinajstić information content (AvgIpc) is 3.21. The molecule has 2 heterocycles. The molecule has 6 nitrogen and oxygen atoms in total. The molecule has 0 saturated heterocycles. The van der Waals surface area contributed by atoms with Crippen LogP contribution in [0.25, 0.3) is 0 Å². The van der Waals surface area contributed by atoms with Crippen LogP contribution in [-0.2, 0) is 27.2 Å². The number of Topliss-reactive ketones (excluding diaryl/α,β-unsaturated/α-hetero) is 1. The Balaban J connectivity index is 1.59. The minimum Gasteiger partial charge on any atom is -0.465 e. The molecule has 2 aliphatic carbocycles. The molecular formula is C27H27FN2O4S. The smallest absolute Gasteiger partial charge is 0.341 e. The number of benzene rings is 1. The predicted octanol–water partition coefficient (Wildman–Crippen LogP) is 5.16. The summed E-state index contributed by atoms with van der Waals surface area (Å²) in [6.45, 7) is 1.77. The topological polar surface area (TPSA) is 84.5 Å². The third kappa shape index (κ3) is 4.10. The highest BCUT2D eigenvalue weighted by atomic mass is 32.1. The number of fused-ring (bicyclic) bond motifs is 1. The van der Waals surface area contributed by atoms with Crippen molar-refractivity contribution in [2.45, 2.75) is 57.8 Å². The van der Waals surface area contributed by atoms with Gasteiger partial charge in [-0.15, -0.1) is 11.3 Å². The molecule has 5 rings (SSSR count). The molecule has 0 spiro atoms. The Morgan fingerprint density at radius 2 is 1.89 bits per heavy atom. The van der Waals surface area contributed by atoms with Crippen molar-refractivity contribution in [2.24, 2.45) is 0 Å². The molecule has 0 fully saturated rings. The molecule has 8 heteroatoms. The lowest BCUT2D eigenvalue weighted by atomic mass is 9.75. The van der Waals surface area contributed by atoms with E-state index >= 15 is 4.39 Å². The van der Waals surface area contributed by atoms with Gasteiger partial charge in [0.2, 0.25) is 0 Å². The summed E-state index contributed by atoms with van der Waals surface area (Å²) in [7, 11) is 1.33. The molecule has 2 N–H and O–H groups in total. The third-order valence-electron chi connectivity index (χ3n) is 7.02. The number of amides is 1. The molecule has 1 aromatic carbocycles. The number of halogens is 1. The Hall–Kier alpha value is -3.26. The van der Waals surface area contributed by atoms with Crippen LogP contribution in [0.15, 0.2) is 46.8 Å². The summed E-state index contributed by atoms with van der Waals surface area (Å²) in [6, 6.07) is 6.27. The highest BCUT2D eigenvalue weighted by Crippen LogP contribution is 2.44. The van der Waals surface area contributed by atoms with Crippen LogP contribution < -0.4 is 10.6 Å². The Labute approximate surface area is 207 Å². The van der Waals surface area contributed by atoms with E-state index in [1.807, 2.05) is 0 Å². The van der Waals surface area contributed by atoms with Gasteiger partial charge in [0.15, 0.2) is 5.78 Å². The van der Waals surface area contributed by atoms with E-state index in [1.165, 1.54) is 24.5 Å². The van der Waals surface area contributed by atoms with Gasteiger partial charge in [0.25, 0.3) is 5.91 Å². The van der Waals surface area contributed by atoms with E-state index in [-0.39, 0.29) is 11.4 Å². The fourth-order valence-electron chi connectivity index (χ4n) is 5.45. The second-order valence-electron chi connectivity index (χ2n) is 9.15. The second-order valence-corrected chi connectivity index (χ2v) is 10.3. The zero-order valence-electron chi connectivity index (χ0n) is 19.8. The van der Waals surface area contributed by atoms with Gasteiger partial charge in [-0.3, -0.25) is 9.59 Å². The van der Waals surface area contributed by atoms with Crippen molar-refractivity contribution in [3.8, 4) is 0 Å². The summed E-state index contributed by atoms with van der Waals surface area (Å²) >= 11 is 1.39. The van der Waals surface area contributed by atoms with Crippen molar-refractivity contribution in [3.63, 3.8) is 0 Å². The van der Waals surface area contributed by atoms with Crippen molar-refractivity contribution in [3.05, 3.63) is 74.2 Å². The zero-order valence-corrected chi connectivity index (χ0v) is 20.6. The Morgan fingerprint density at radius 1 is 1.11 bits per heavy atom. The fraction of sp³-hybridized carbons (Fsp3) is 0.370. The van der Waals surface area contributed by atoms with Gasteiger partial charge in [-0.2, -0.15) is 0 Å². The van der Waals surface area contributed by atoms with Crippen molar-refractivity contribution >= 4 is 34.0 Å². The maximum absolute atomic E-state index is 15.1. The summed E-state index contributed by atoms with van der Waals surface area (Å²) in [5.74, 6) is -2.31. The molecule has 1 aliphatic heterocycles. The summed E-state index contributed by atoms with van der Waals surface area (Å²) in [5, 5.41) is 6.63. The number of anilines is 1. The van der Waals surface area contributed by atoms with Gasteiger partial charge in [0.1, 0.15) is 10.8 Å². The van der Waals surface area contributed by atoms with Gasteiger partial charge in [-0.05, 0) is 57.1 Å². The fourth-order valence-corrected chi connectivity index (χ4v) is 6.72. The lowest BCUT2D eigenvalue weighted by Crippen LogP contribution is -2.36. The van der Waals surface area contributed by atoms with Crippen LogP contribution >= 0.6 is 11.3 Å². The number of nitrogens with one attached hydrogen (secondary N) is 2. The van der Waals surface area contributed by atoms with E-state index in [2.05, 4.69) is 10.6 Å². The number of carbonyl (C=O) groups is 3.